The predicted molar refractivity (Wildman–Crippen MR) is 99.0 cm³/mol. The third-order valence-corrected chi connectivity index (χ3v) is 4.51. The van der Waals surface area contributed by atoms with Gasteiger partial charge in [0.05, 0.1) is 18.2 Å². The number of carbonyl (C=O) groups excluding carboxylic acids is 4. The number of nitrogens with one attached hydrogen (secondary N) is 1. The molecule has 1 N–H and O–H groups in total. The van der Waals surface area contributed by atoms with Crippen molar-refractivity contribution in [3.05, 3.63) is 35.4 Å². The number of hydrogen-bond donors (Lipinski definition) is 1. The minimum atomic E-state index is -1.02. The second-order valence-electron chi connectivity index (χ2n) is 7.43. The molecule has 0 saturated heterocycles. The molecular weight excluding hydrogens is 348 g/mol. The molecule has 7 nitrogen and oxygen atoms in total. The lowest BCUT2D eigenvalue weighted by Gasteiger charge is -2.30. The molecule has 1 aromatic rings. The molecule has 3 amide bonds. The molecule has 1 aromatic carbocycles. The van der Waals surface area contributed by atoms with Gasteiger partial charge in [0, 0.05) is 0 Å². The maximum Gasteiger partial charge on any atom is 0.328 e. The molecule has 27 heavy (non-hydrogen) atoms. The fraction of sp³-hybridized carbons (Fsp3) is 0.500. The number of carbonyl (C=O) groups is 4. The van der Waals surface area contributed by atoms with Crippen molar-refractivity contribution in [1.82, 2.24) is 10.2 Å². The quantitative estimate of drug-likeness (QED) is 0.582. The van der Waals surface area contributed by atoms with E-state index in [2.05, 4.69) is 5.32 Å². The number of esters is 1. The summed E-state index contributed by atoms with van der Waals surface area (Å²) in [5.74, 6) is -2.28. The second-order valence-corrected chi connectivity index (χ2v) is 7.43. The molecule has 0 fully saturated rings. The lowest BCUT2D eigenvalue weighted by Crippen LogP contribution is -2.55. The molecule has 0 saturated carbocycles. The minimum absolute atomic E-state index is 0.145. The smallest absolute Gasteiger partial charge is 0.328 e. The van der Waals surface area contributed by atoms with E-state index >= 15 is 0 Å². The molecule has 2 atom stereocenters. The van der Waals surface area contributed by atoms with Gasteiger partial charge in [0.1, 0.15) is 12.1 Å². The Balaban J connectivity index is 2.29. The maximum absolute atomic E-state index is 13.0. The maximum atomic E-state index is 13.0. The molecule has 0 aromatic heterocycles. The summed E-state index contributed by atoms with van der Waals surface area (Å²) in [5.41, 5.74) is 0.570. The van der Waals surface area contributed by atoms with E-state index in [1.165, 1.54) is 7.11 Å². The Kier molecular flexibility index (Phi) is 6.36. The summed E-state index contributed by atoms with van der Waals surface area (Å²) in [6, 6.07) is 4.64. The third kappa shape index (κ3) is 4.18. The number of benzene rings is 1. The average Bonchev–Trinajstić information content (AvgIpc) is 2.85. The number of rotatable bonds is 7. The highest BCUT2D eigenvalue weighted by Crippen LogP contribution is 2.27. The first kappa shape index (κ1) is 20.6. The van der Waals surface area contributed by atoms with Crippen LogP contribution in [0.5, 0.6) is 0 Å². The molecule has 1 heterocycles. The highest BCUT2D eigenvalue weighted by Gasteiger charge is 2.44. The molecule has 1 aliphatic rings. The van der Waals surface area contributed by atoms with Gasteiger partial charge in [-0.1, -0.05) is 39.8 Å². The van der Waals surface area contributed by atoms with Gasteiger partial charge in [-0.25, -0.2) is 4.79 Å². The average molecular weight is 374 g/mol. The minimum Gasteiger partial charge on any atom is -0.467 e. The van der Waals surface area contributed by atoms with Crippen LogP contribution in [0.15, 0.2) is 24.3 Å². The van der Waals surface area contributed by atoms with Crippen LogP contribution in [0.1, 0.15) is 54.8 Å². The number of imide groups is 1. The van der Waals surface area contributed by atoms with Gasteiger partial charge < -0.3 is 10.1 Å². The molecule has 7 heteroatoms. The molecule has 0 spiro atoms. The van der Waals surface area contributed by atoms with E-state index in [0.717, 1.165) is 4.90 Å². The molecule has 0 unspecified atom stereocenters. The topological polar surface area (TPSA) is 92.8 Å². The fourth-order valence-corrected chi connectivity index (χ4v) is 3.26. The summed E-state index contributed by atoms with van der Waals surface area (Å²) >= 11 is 0. The zero-order valence-electron chi connectivity index (χ0n) is 16.3. The van der Waals surface area contributed by atoms with Crippen molar-refractivity contribution in [1.29, 1.82) is 0 Å². The summed E-state index contributed by atoms with van der Waals surface area (Å²) in [6.45, 7) is 7.35. The SMILES string of the molecule is COC(=O)[C@H](CC(C)C)NC(=O)[C@@H](C(C)C)N1C(=O)c2ccccc2C1=O. The van der Waals surface area contributed by atoms with Crippen LogP contribution in [0.4, 0.5) is 0 Å². The Bertz CT molecular complexity index is 721. The monoisotopic (exact) mass is 374 g/mol. The number of methoxy groups -OCH3 is 1. The van der Waals surface area contributed by atoms with Crippen molar-refractivity contribution < 1.29 is 23.9 Å². The van der Waals surface area contributed by atoms with Crippen molar-refractivity contribution in [2.45, 2.75) is 46.2 Å². The van der Waals surface area contributed by atoms with Crippen LogP contribution in [-0.4, -0.2) is 47.8 Å². The van der Waals surface area contributed by atoms with E-state index in [1.54, 1.807) is 38.1 Å². The molecule has 0 aliphatic carbocycles. The summed E-state index contributed by atoms with van der Waals surface area (Å²) < 4.78 is 4.77. The van der Waals surface area contributed by atoms with E-state index < -0.39 is 35.8 Å². The van der Waals surface area contributed by atoms with Gasteiger partial charge >= 0.3 is 5.97 Å². The Hall–Kier alpha value is -2.70. The first-order chi connectivity index (χ1) is 12.7. The number of fused-ring (bicyclic) bond motifs is 1. The van der Waals surface area contributed by atoms with Crippen LogP contribution in [-0.2, 0) is 14.3 Å². The van der Waals surface area contributed by atoms with E-state index in [-0.39, 0.29) is 23.0 Å². The Labute approximate surface area is 159 Å². The second kappa shape index (κ2) is 8.33. The normalized spacial score (nSPS) is 15.7. The van der Waals surface area contributed by atoms with E-state index in [4.69, 9.17) is 4.74 Å². The van der Waals surface area contributed by atoms with Crippen molar-refractivity contribution in [2.75, 3.05) is 7.11 Å². The molecule has 146 valence electrons. The van der Waals surface area contributed by atoms with E-state index in [1.807, 2.05) is 13.8 Å². The van der Waals surface area contributed by atoms with Crippen molar-refractivity contribution >= 4 is 23.7 Å². The molecular formula is C20H26N2O5. The summed E-state index contributed by atoms with van der Waals surface area (Å²) in [6.07, 6.45) is 0.394. The highest BCUT2D eigenvalue weighted by atomic mass is 16.5. The van der Waals surface area contributed by atoms with E-state index in [9.17, 15) is 19.2 Å². The van der Waals surface area contributed by atoms with Gasteiger partial charge in [0.2, 0.25) is 5.91 Å². The third-order valence-electron chi connectivity index (χ3n) is 4.51. The summed E-state index contributed by atoms with van der Waals surface area (Å²) in [4.78, 5) is 51.5. The van der Waals surface area contributed by atoms with Crippen LogP contribution in [0.2, 0.25) is 0 Å². The highest BCUT2D eigenvalue weighted by molar-refractivity contribution is 6.22. The summed E-state index contributed by atoms with van der Waals surface area (Å²) in [7, 11) is 1.26. The Morgan fingerprint density at radius 3 is 1.96 bits per heavy atom. The standard InChI is InChI=1S/C20H26N2O5/c1-11(2)10-15(20(26)27-5)21-17(23)16(12(3)4)22-18(24)13-8-6-7-9-14(13)19(22)25/h6-9,11-12,15-16H,10H2,1-5H3,(H,21,23)/t15-,16+/m0/s1. The molecule has 0 bridgehead atoms. The lowest BCUT2D eigenvalue weighted by molar-refractivity contribution is -0.146. The number of nitrogens with zero attached hydrogens (tertiary/aromatic N) is 1. The van der Waals surface area contributed by atoms with Gasteiger partial charge in [-0.3, -0.25) is 19.3 Å². The van der Waals surface area contributed by atoms with Crippen molar-refractivity contribution in [3.63, 3.8) is 0 Å². The van der Waals surface area contributed by atoms with Crippen molar-refractivity contribution in [2.24, 2.45) is 11.8 Å². The van der Waals surface area contributed by atoms with Crippen LogP contribution in [0.3, 0.4) is 0 Å². The predicted octanol–water partition coefficient (Wildman–Crippen LogP) is 2.01. The first-order valence-corrected chi connectivity index (χ1v) is 9.04. The number of hydrogen-bond acceptors (Lipinski definition) is 5. The Morgan fingerprint density at radius 2 is 1.56 bits per heavy atom. The van der Waals surface area contributed by atoms with Gasteiger partial charge in [-0.15, -0.1) is 0 Å². The van der Waals surface area contributed by atoms with Crippen LogP contribution in [0.25, 0.3) is 0 Å². The first-order valence-electron chi connectivity index (χ1n) is 9.04. The molecule has 1 aliphatic heterocycles. The molecule has 0 radical (unpaired) electrons. The van der Waals surface area contributed by atoms with Crippen LogP contribution in [0, 0.1) is 11.8 Å². The van der Waals surface area contributed by atoms with Crippen LogP contribution >= 0.6 is 0 Å². The van der Waals surface area contributed by atoms with Crippen LogP contribution < -0.4 is 5.32 Å². The zero-order chi connectivity index (χ0) is 20.3. The number of amides is 3. The van der Waals surface area contributed by atoms with E-state index in [0.29, 0.717) is 6.42 Å². The zero-order valence-corrected chi connectivity index (χ0v) is 16.3. The Morgan fingerprint density at radius 1 is 1.04 bits per heavy atom. The van der Waals surface area contributed by atoms with Gasteiger partial charge in [-0.2, -0.15) is 0 Å². The number of ether oxygens (including phenoxy) is 1. The van der Waals surface area contributed by atoms with Gasteiger partial charge in [0.15, 0.2) is 0 Å². The van der Waals surface area contributed by atoms with Gasteiger partial charge in [-0.05, 0) is 30.4 Å². The lowest BCUT2D eigenvalue weighted by atomic mass is 9.99. The molecule has 2 rings (SSSR count). The van der Waals surface area contributed by atoms with Gasteiger partial charge in [0.25, 0.3) is 11.8 Å². The van der Waals surface area contributed by atoms with Crippen molar-refractivity contribution in [3.8, 4) is 0 Å². The largest absolute Gasteiger partial charge is 0.467 e. The summed E-state index contributed by atoms with van der Waals surface area (Å²) in [5, 5.41) is 2.67. The fourth-order valence-electron chi connectivity index (χ4n) is 3.26.